The Morgan fingerprint density at radius 1 is 0.297 bits per heavy atom. The van der Waals surface area contributed by atoms with Gasteiger partial charge >= 0.3 is 0 Å². The van der Waals surface area contributed by atoms with E-state index in [-0.39, 0.29) is 0 Å². The van der Waals surface area contributed by atoms with Crippen molar-refractivity contribution >= 4 is 65.3 Å². The van der Waals surface area contributed by atoms with Gasteiger partial charge in [0.1, 0.15) is 11.2 Å². The summed E-state index contributed by atoms with van der Waals surface area (Å²) in [7, 11) is 0. The summed E-state index contributed by atoms with van der Waals surface area (Å²) in [5.41, 5.74) is 12.1. The second-order valence-corrected chi connectivity index (χ2v) is 16.4. The summed E-state index contributed by atoms with van der Waals surface area (Å²) in [6.45, 7) is 0. The van der Waals surface area contributed by atoms with Crippen molar-refractivity contribution in [3.8, 4) is 62.1 Å². The third-order valence-electron chi connectivity index (χ3n) is 12.6. The largest absolute Gasteiger partial charge is 0.456 e. The molecule has 0 aliphatic rings. The zero-order chi connectivity index (χ0) is 42.1. The van der Waals surface area contributed by atoms with Crippen LogP contribution in [0.2, 0.25) is 0 Å². The molecule has 0 unspecified atom stereocenters. The molecular weight excluding hydrogens is 781 g/mol. The maximum absolute atomic E-state index is 6.67. The molecule has 0 aliphatic carbocycles. The summed E-state index contributed by atoms with van der Waals surface area (Å²) in [5.74, 6) is 1.80. The molecule has 0 saturated carbocycles. The molecule has 0 bridgehead atoms. The van der Waals surface area contributed by atoms with Gasteiger partial charge in [0.05, 0.1) is 16.7 Å². The Kier molecular flexibility index (Phi) is 8.15. The fourth-order valence-corrected chi connectivity index (χ4v) is 9.56. The van der Waals surface area contributed by atoms with Crippen molar-refractivity contribution in [2.75, 3.05) is 0 Å². The van der Waals surface area contributed by atoms with Gasteiger partial charge < -0.3 is 8.98 Å². The molecule has 3 heterocycles. The van der Waals surface area contributed by atoms with E-state index in [0.29, 0.717) is 17.5 Å². The minimum atomic E-state index is 0.591. The highest BCUT2D eigenvalue weighted by molar-refractivity contribution is 6.22. The minimum Gasteiger partial charge on any atom is -0.456 e. The molecule has 0 radical (unpaired) electrons. The smallest absolute Gasteiger partial charge is 0.164 e. The van der Waals surface area contributed by atoms with Crippen LogP contribution in [-0.4, -0.2) is 19.5 Å². The molecule has 5 heteroatoms. The molecule has 5 nitrogen and oxygen atoms in total. The van der Waals surface area contributed by atoms with Gasteiger partial charge in [-0.05, 0) is 86.9 Å². The third-order valence-corrected chi connectivity index (χ3v) is 12.6. The Bertz CT molecular complexity index is 3890. The molecule has 0 spiro atoms. The topological polar surface area (TPSA) is 56.7 Å². The zero-order valence-electron chi connectivity index (χ0n) is 34.5. The van der Waals surface area contributed by atoms with Crippen molar-refractivity contribution in [3.63, 3.8) is 0 Å². The van der Waals surface area contributed by atoms with Crippen molar-refractivity contribution < 1.29 is 4.42 Å². The van der Waals surface area contributed by atoms with Crippen LogP contribution in [0.15, 0.2) is 223 Å². The number of benzene rings is 10. The van der Waals surface area contributed by atoms with Crippen LogP contribution in [-0.2, 0) is 0 Å². The van der Waals surface area contributed by atoms with Gasteiger partial charge in [-0.1, -0.05) is 164 Å². The molecule has 64 heavy (non-hydrogen) atoms. The first-order chi connectivity index (χ1) is 31.7. The van der Waals surface area contributed by atoms with E-state index in [9.17, 15) is 0 Å². The third kappa shape index (κ3) is 5.90. The molecular formula is C59H36N4O. The van der Waals surface area contributed by atoms with Crippen LogP contribution >= 0.6 is 0 Å². The van der Waals surface area contributed by atoms with E-state index in [2.05, 4.69) is 187 Å². The van der Waals surface area contributed by atoms with Gasteiger partial charge in [-0.3, -0.25) is 0 Å². The second kappa shape index (κ2) is 14.5. The monoisotopic (exact) mass is 816 g/mol. The van der Waals surface area contributed by atoms with Gasteiger partial charge in [0, 0.05) is 49.7 Å². The normalized spacial score (nSPS) is 11.8. The SMILES string of the molecule is c1ccc(-c2cc(-c3ccccc3)cc(-c3nc(-c4ccccc4)nc(-c4ccc5c(c4)c(-n4c6ccccc6c6cc7ccccc7cc64)cc4oc6ccccc6c45)n3)c2)cc1. The Hall–Kier alpha value is -8.67. The number of rotatable bonds is 6. The second-order valence-electron chi connectivity index (χ2n) is 16.4. The Morgan fingerprint density at radius 3 is 1.55 bits per heavy atom. The molecule has 0 amide bonds. The van der Waals surface area contributed by atoms with E-state index in [1.54, 1.807) is 0 Å². The lowest BCUT2D eigenvalue weighted by Crippen LogP contribution is -2.01. The zero-order valence-corrected chi connectivity index (χ0v) is 34.5. The molecule has 0 N–H and O–H groups in total. The van der Waals surface area contributed by atoms with E-state index in [4.69, 9.17) is 19.4 Å². The van der Waals surface area contributed by atoms with Crippen molar-refractivity contribution in [2.45, 2.75) is 0 Å². The van der Waals surface area contributed by atoms with Crippen LogP contribution in [0.3, 0.4) is 0 Å². The van der Waals surface area contributed by atoms with Gasteiger partial charge in [0.25, 0.3) is 0 Å². The maximum atomic E-state index is 6.67. The Morgan fingerprint density at radius 2 is 0.844 bits per heavy atom. The predicted molar refractivity (Wildman–Crippen MR) is 264 cm³/mol. The first-order valence-corrected chi connectivity index (χ1v) is 21.6. The van der Waals surface area contributed by atoms with Crippen LogP contribution in [0.5, 0.6) is 0 Å². The van der Waals surface area contributed by atoms with Crippen LogP contribution in [0.1, 0.15) is 0 Å². The van der Waals surface area contributed by atoms with Crippen LogP contribution in [0.25, 0.3) is 127 Å². The van der Waals surface area contributed by atoms with Crippen molar-refractivity contribution in [1.82, 2.24) is 19.5 Å². The summed E-state index contributed by atoms with van der Waals surface area (Å²) in [6.07, 6.45) is 0. The molecule has 298 valence electrons. The van der Waals surface area contributed by atoms with Gasteiger partial charge in [-0.2, -0.15) is 0 Å². The molecule has 3 aromatic heterocycles. The fraction of sp³-hybridized carbons (Fsp3) is 0. The Balaban J connectivity index is 1.09. The number of hydrogen-bond donors (Lipinski definition) is 0. The van der Waals surface area contributed by atoms with E-state index >= 15 is 0 Å². The molecule has 13 aromatic rings. The van der Waals surface area contributed by atoms with Gasteiger partial charge in [0.15, 0.2) is 17.5 Å². The average molecular weight is 817 g/mol. The molecule has 0 fully saturated rings. The van der Waals surface area contributed by atoms with Crippen molar-refractivity contribution in [1.29, 1.82) is 0 Å². The van der Waals surface area contributed by atoms with E-state index in [1.165, 1.54) is 21.5 Å². The molecule has 0 saturated heterocycles. The number of para-hydroxylation sites is 2. The lowest BCUT2D eigenvalue weighted by atomic mass is 9.95. The lowest BCUT2D eigenvalue weighted by molar-refractivity contribution is 0.669. The number of nitrogens with zero attached hydrogens (tertiary/aromatic N) is 4. The standard InChI is InChI=1S/C59H36N4O/c1-4-16-37(17-5-1)43-30-44(38-18-6-2-7-19-38)32-45(31-43)59-61-57(39-20-8-3-9-21-39)60-58(62-59)42-28-29-47-50(34-42)53(36-55-56(47)48-25-13-15-27-54(48)64-55)63-51-26-14-12-24-46(51)49-33-40-22-10-11-23-41(40)35-52(49)63/h1-36H. The fourth-order valence-electron chi connectivity index (χ4n) is 9.56. The van der Waals surface area contributed by atoms with E-state index < -0.39 is 0 Å². The van der Waals surface area contributed by atoms with Gasteiger partial charge in [0.2, 0.25) is 0 Å². The predicted octanol–water partition coefficient (Wildman–Crippen LogP) is 15.5. The van der Waals surface area contributed by atoms with Gasteiger partial charge in [-0.15, -0.1) is 0 Å². The van der Waals surface area contributed by atoms with Crippen LogP contribution in [0.4, 0.5) is 0 Å². The number of furan rings is 1. The van der Waals surface area contributed by atoms with Crippen molar-refractivity contribution in [3.05, 3.63) is 218 Å². The van der Waals surface area contributed by atoms with E-state index in [1.807, 2.05) is 36.4 Å². The molecule has 0 atom stereocenters. The molecule has 0 aliphatic heterocycles. The molecule has 10 aromatic carbocycles. The summed E-state index contributed by atoms with van der Waals surface area (Å²) >= 11 is 0. The van der Waals surface area contributed by atoms with Gasteiger partial charge in [-0.25, -0.2) is 15.0 Å². The quantitative estimate of drug-likeness (QED) is 0.168. The van der Waals surface area contributed by atoms with Crippen LogP contribution in [0, 0.1) is 0 Å². The summed E-state index contributed by atoms with van der Waals surface area (Å²) in [4.78, 5) is 15.8. The average Bonchev–Trinajstić information content (AvgIpc) is 3.91. The maximum Gasteiger partial charge on any atom is 0.164 e. The summed E-state index contributed by atoms with van der Waals surface area (Å²) in [5, 5.41) is 9.11. The highest BCUT2D eigenvalue weighted by atomic mass is 16.3. The number of aromatic nitrogens is 4. The lowest BCUT2D eigenvalue weighted by Gasteiger charge is -2.15. The Labute approximate surface area is 368 Å². The molecule has 13 rings (SSSR count). The first kappa shape index (κ1) is 36.0. The highest BCUT2D eigenvalue weighted by Gasteiger charge is 2.21. The van der Waals surface area contributed by atoms with Crippen molar-refractivity contribution in [2.24, 2.45) is 0 Å². The minimum absolute atomic E-state index is 0.591. The summed E-state index contributed by atoms with van der Waals surface area (Å²) in [6, 6.07) is 76.9. The highest BCUT2D eigenvalue weighted by Crippen LogP contribution is 2.43. The van der Waals surface area contributed by atoms with E-state index in [0.717, 1.165) is 88.4 Å². The summed E-state index contributed by atoms with van der Waals surface area (Å²) < 4.78 is 9.08. The number of fused-ring (bicyclic) bond motifs is 9. The first-order valence-electron chi connectivity index (χ1n) is 21.6. The van der Waals surface area contributed by atoms with Crippen LogP contribution < -0.4 is 0 Å². The number of hydrogen-bond acceptors (Lipinski definition) is 4.